The van der Waals surface area contributed by atoms with Crippen molar-refractivity contribution < 1.29 is 14.6 Å². The van der Waals surface area contributed by atoms with Crippen LogP contribution in [-0.2, 0) is 9.53 Å². The van der Waals surface area contributed by atoms with Gasteiger partial charge in [-0.15, -0.1) is 0 Å². The first-order valence-electron chi connectivity index (χ1n) is 13.1. The summed E-state index contributed by atoms with van der Waals surface area (Å²) in [5.41, 5.74) is 0. The molecule has 1 fully saturated rings. The van der Waals surface area contributed by atoms with Crippen LogP contribution in [0.1, 0.15) is 92.9 Å². The highest BCUT2D eigenvalue weighted by molar-refractivity contribution is 5.78. The van der Waals surface area contributed by atoms with Crippen LogP contribution in [0.15, 0.2) is 0 Å². The van der Waals surface area contributed by atoms with Crippen LogP contribution in [-0.4, -0.2) is 37.9 Å². The van der Waals surface area contributed by atoms with Crippen LogP contribution in [0.3, 0.4) is 0 Å². The van der Waals surface area contributed by atoms with E-state index in [-0.39, 0.29) is 17.7 Å². The van der Waals surface area contributed by atoms with Crippen molar-refractivity contribution in [2.45, 2.75) is 92.9 Å². The lowest BCUT2D eigenvalue weighted by molar-refractivity contribution is -0.127. The van der Waals surface area contributed by atoms with Crippen molar-refractivity contribution in [3.8, 4) is 0 Å². The van der Waals surface area contributed by atoms with E-state index in [1.165, 1.54) is 38.5 Å². The fraction of sp³-hybridized carbons (Fsp3) is 0.963. The molecule has 31 heavy (non-hydrogen) atoms. The maximum atomic E-state index is 12.2. The molecule has 1 saturated carbocycles. The molecule has 3 unspecified atom stereocenters. The van der Waals surface area contributed by atoms with Crippen molar-refractivity contribution in [2.75, 3.05) is 26.9 Å². The number of carbonyl (C=O) groups excluding carboxylic acids is 1. The molecular weight excluding hydrogens is 386 g/mol. The molecule has 0 spiro atoms. The predicted molar refractivity (Wildman–Crippen MR) is 131 cm³/mol. The van der Waals surface area contributed by atoms with Gasteiger partial charge in [0, 0.05) is 32.8 Å². The minimum Gasteiger partial charge on any atom is -0.396 e. The zero-order chi connectivity index (χ0) is 23.4. The van der Waals surface area contributed by atoms with E-state index in [1.54, 1.807) is 7.05 Å². The zero-order valence-corrected chi connectivity index (χ0v) is 21.7. The normalized spacial score (nSPS) is 22.4. The highest BCUT2D eigenvalue weighted by Gasteiger charge is 2.38. The van der Waals surface area contributed by atoms with Crippen LogP contribution in [0.5, 0.6) is 0 Å². The van der Waals surface area contributed by atoms with Crippen LogP contribution >= 0.6 is 0 Å². The summed E-state index contributed by atoms with van der Waals surface area (Å²) in [5.74, 6) is 4.57. The summed E-state index contributed by atoms with van der Waals surface area (Å²) in [7, 11) is 1.73. The highest BCUT2D eigenvalue weighted by atomic mass is 16.5. The molecule has 1 amide bonds. The lowest BCUT2D eigenvalue weighted by Crippen LogP contribution is -2.34. The Balaban J connectivity index is 2.30. The molecule has 0 saturated heterocycles. The number of rotatable bonds is 18. The molecule has 0 aromatic carbocycles. The van der Waals surface area contributed by atoms with Gasteiger partial charge in [0.05, 0.1) is 0 Å². The third-order valence-corrected chi connectivity index (χ3v) is 7.78. The van der Waals surface area contributed by atoms with E-state index in [9.17, 15) is 9.90 Å². The summed E-state index contributed by atoms with van der Waals surface area (Å²) in [4.78, 5) is 12.2. The molecule has 0 aromatic heterocycles. The Hall–Kier alpha value is -0.610. The van der Waals surface area contributed by atoms with Crippen molar-refractivity contribution in [1.82, 2.24) is 5.32 Å². The van der Waals surface area contributed by atoms with Gasteiger partial charge in [-0.1, -0.05) is 67.2 Å². The van der Waals surface area contributed by atoms with Gasteiger partial charge >= 0.3 is 0 Å². The van der Waals surface area contributed by atoms with E-state index in [4.69, 9.17) is 4.74 Å². The van der Waals surface area contributed by atoms with Crippen LogP contribution < -0.4 is 5.32 Å². The summed E-state index contributed by atoms with van der Waals surface area (Å²) >= 11 is 0. The van der Waals surface area contributed by atoms with Gasteiger partial charge in [0.15, 0.2) is 0 Å². The minimum atomic E-state index is 0.0569. The van der Waals surface area contributed by atoms with Crippen molar-refractivity contribution in [3.63, 3.8) is 0 Å². The summed E-state index contributed by atoms with van der Waals surface area (Å²) in [6.07, 6.45) is 9.72. The molecule has 184 valence electrons. The standard InChI is InChI=1S/C27H53NO3/c1-8-11-26(27(30)28-7)21(6)17-31-18-25(20(4)5)15-24-14-22(24)12-9-10-13-23(16-29)19(2)3/h19-26,29H,8-18H2,1-7H3,(H,28,30)/t21?,22?,23-,24?,25-,26+/m0/s1. The molecule has 0 aliphatic heterocycles. The Kier molecular flexibility index (Phi) is 14.0. The van der Waals surface area contributed by atoms with Crippen LogP contribution in [0.25, 0.3) is 0 Å². The number of unbranched alkanes of at least 4 members (excludes halogenated alkanes) is 1. The number of hydrogen-bond donors (Lipinski definition) is 2. The Morgan fingerprint density at radius 2 is 1.68 bits per heavy atom. The first-order chi connectivity index (χ1) is 14.7. The van der Waals surface area contributed by atoms with Crippen molar-refractivity contribution in [1.29, 1.82) is 0 Å². The third kappa shape index (κ3) is 10.7. The third-order valence-electron chi connectivity index (χ3n) is 7.78. The van der Waals surface area contributed by atoms with Crippen LogP contribution in [0, 0.1) is 47.3 Å². The summed E-state index contributed by atoms with van der Waals surface area (Å²) < 4.78 is 6.16. The SMILES string of the molecule is CCC[C@@H](C(=O)NC)C(C)COC[C@H](CC1CC1CCCC[C@@H](CO)C(C)C)C(C)C. The Bertz CT molecular complexity index is 479. The van der Waals surface area contributed by atoms with E-state index in [1.807, 2.05) is 0 Å². The lowest BCUT2D eigenvalue weighted by Gasteiger charge is -2.25. The zero-order valence-electron chi connectivity index (χ0n) is 21.7. The molecule has 6 atom stereocenters. The van der Waals surface area contributed by atoms with Gasteiger partial charge in [-0.05, 0) is 67.1 Å². The Labute approximate surface area is 193 Å². The lowest BCUT2D eigenvalue weighted by atomic mass is 9.88. The van der Waals surface area contributed by atoms with Crippen LogP contribution in [0.4, 0.5) is 0 Å². The number of hydrogen-bond acceptors (Lipinski definition) is 3. The van der Waals surface area contributed by atoms with E-state index in [0.29, 0.717) is 36.9 Å². The molecule has 4 heteroatoms. The highest BCUT2D eigenvalue weighted by Crippen LogP contribution is 2.47. The number of aliphatic hydroxyl groups is 1. The van der Waals surface area contributed by atoms with Crippen molar-refractivity contribution in [3.05, 3.63) is 0 Å². The molecule has 0 aromatic rings. The molecule has 1 aliphatic carbocycles. The van der Waals surface area contributed by atoms with Gasteiger partial charge in [-0.25, -0.2) is 0 Å². The fourth-order valence-corrected chi connectivity index (χ4v) is 5.01. The van der Waals surface area contributed by atoms with E-state index >= 15 is 0 Å². The van der Waals surface area contributed by atoms with Crippen molar-refractivity contribution >= 4 is 5.91 Å². The second-order valence-electron chi connectivity index (χ2n) is 11.0. The van der Waals surface area contributed by atoms with Gasteiger partial charge in [0.25, 0.3) is 0 Å². The van der Waals surface area contributed by atoms with Gasteiger partial charge in [-0.3, -0.25) is 4.79 Å². The number of ether oxygens (including phenoxy) is 1. The summed E-state index contributed by atoms with van der Waals surface area (Å²) in [5, 5.41) is 12.3. The van der Waals surface area contributed by atoms with E-state index in [2.05, 4.69) is 46.9 Å². The largest absolute Gasteiger partial charge is 0.396 e. The fourth-order valence-electron chi connectivity index (χ4n) is 5.01. The molecule has 0 radical (unpaired) electrons. The monoisotopic (exact) mass is 439 g/mol. The maximum Gasteiger partial charge on any atom is 0.223 e. The molecule has 4 nitrogen and oxygen atoms in total. The molecule has 1 rings (SSSR count). The number of nitrogens with one attached hydrogen (secondary N) is 1. The molecular formula is C27H53NO3. The van der Waals surface area contributed by atoms with E-state index < -0.39 is 0 Å². The first kappa shape index (κ1) is 28.4. The molecule has 0 heterocycles. The Morgan fingerprint density at radius 3 is 2.23 bits per heavy atom. The van der Waals surface area contributed by atoms with Gasteiger partial charge in [-0.2, -0.15) is 0 Å². The quantitative estimate of drug-likeness (QED) is 0.260. The molecule has 0 bridgehead atoms. The Morgan fingerprint density at radius 1 is 1.00 bits per heavy atom. The minimum absolute atomic E-state index is 0.0569. The van der Waals surface area contributed by atoms with Crippen LogP contribution in [0.2, 0.25) is 0 Å². The number of amides is 1. The average Bonchev–Trinajstić information content (AvgIpc) is 3.47. The van der Waals surface area contributed by atoms with Gasteiger partial charge in [0.1, 0.15) is 0 Å². The van der Waals surface area contributed by atoms with E-state index in [0.717, 1.165) is 31.3 Å². The summed E-state index contributed by atoms with van der Waals surface area (Å²) in [6, 6.07) is 0. The maximum absolute atomic E-state index is 12.2. The topological polar surface area (TPSA) is 58.6 Å². The van der Waals surface area contributed by atoms with Gasteiger partial charge < -0.3 is 15.2 Å². The molecule has 1 aliphatic rings. The smallest absolute Gasteiger partial charge is 0.223 e. The second-order valence-corrected chi connectivity index (χ2v) is 11.0. The first-order valence-corrected chi connectivity index (χ1v) is 13.1. The predicted octanol–water partition coefficient (Wildman–Crippen LogP) is 5.92. The summed E-state index contributed by atoms with van der Waals surface area (Å²) in [6.45, 7) is 15.2. The van der Waals surface area contributed by atoms with Gasteiger partial charge in [0.2, 0.25) is 5.91 Å². The average molecular weight is 440 g/mol. The second kappa shape index (κ2) is 15.3. The number of aliphatic hydroxyl groups excluding tert-OH is 1. The number of carbonyl (C=O) groups is 1. The van der Waals surface area contributed by atoms with Crippen molar-refractivity contribution in [2.24, 2.45) is 47.3 Å². The molecule has 2 N–H and O–H groups in total.